The summed E-state index contributed by atoms with van der Waals surface area (Å²) >= 11 is 0. The van der Waals surface area contributed by atoms with Crippen molar-refractivity contribution in [2.75, 3.05) is 19.1 Å². The summed E-state index contributed by atoms with van der Waals surface area (Å²) < 4.78 is 11.0. The van der Waals surface area contributed by atoms with Crippen molar-refractivity contribution >= 4 is 40.5 Å². The topological polar surface area (TPSA) is 134 Å². The fourth-order valence-electron chi connectivity index (χ4n) is 4.08. The van der Waals surface area contributed by atoms with E-state index < -0.39 is 23.8 Å². The second-order valence-corrected chi connectivity index (χ2v) is 7.66. The van der Waals surface area contributed by atoms with E-state index in [1.165, 1.54) is 43.3 Å². The highest BCUT2D eigenvalue weighted by Crippen LogP contribution is 2.37. The lowest BCUT2D eigenvalue weighted by Crippen LogP contribution is -2.30. The first kappa shape index (κ1) is 21.9. The van der Waals surface area contributed by atoms with Crippen LogP contribution in [0.3, 0.4) is 0 Å². The molecule has 35 heavy (non-hydrogen) atoms. The van der Waals surface area contributed by atoms with Gasteiger partial charge in [-0.25, -0.2) is 24.2 Å². The molecule has 1 aliphatic heterocycles. The molecule has 0 fully saturated rings. The van der Waals surface area contributed by atoms with E-state index in [9.17, 15) is 19.2 Å². The summed E-state index contributed by atoms with van der Waals surface area (Å²) in [5.74, 6) is -2.79. The number of rotatable bonds is 4. The zero-order valence-electron chi connectivity index (χ0n) is 18.8. The Balaban J connectivity index is 1.72. The molecule has 11 nitrogen and oxygen atoms in total. The number of ether oxygens (including phenoxy) is 2. The van der Waals surface area contributed by atoms with Gasteiger partial charge in [0.25, 0.3) is 11.8 Å². The van der Waals surface area contributed by atoms with Gasteiger partial charge in [0.15, 0.2) is 5.65 Å². The number of anilines is 1. The maximum atomic E-state index is 13.7. The molecule has 11 heteroatoms. The maximum Gasteiger partial charge on any atom is 0.337 e. The molecule has 1 aromatic carbocycles. The van der Waals surface area contributed by atoms with E-state index in [0.29, 0.717) is 22.3 Å². The van der Waals surface area contributed by atoms with Gasteiger partial charge in [-0.3, -0.25) is 14.6 Å². The van der Waals surface area contributed by atoms with Crippen molar-refractivity contribution in [2.45, 2.75) is 0 Å². The molecule has 0 radical (unpaired) electrons. The molecule has 2 amide bonds. The lowest BCUT2D eigenvalue weighted by Gasteiger charge is -2.16. The molecule has 0 aliphatic carbocycles. The number of aryl methyl sites for hydroxylation is 1. The second kappa shape index (κ2) is 8.13. The molecule has 3 aromatic heterocycles. The van der Waals surface area contributed by atoms with Crippen LogP contribution < -0.4 is 4.90 Å². The third kappa shape index (κ3) is 3.32. The van der Waals surface area contributed by atoms with Gasteiger partial charge in [-0.15, -0.1) is 0 Å². The molecule has 4 heterocycles. The number of hydrogen-bond donors (Lipinski definition) is 0. The smallest absolute Gasteiger partial charge is 0.337 e. The summed E-state index contributed by atoms with van der Waals surface area (Å²) in [5.41, 5.74) is 1.65. The number of fused-ring (bicyclic) bond motifs is 3. The Morgan fingerprint density at radius 2 is 1.63 bits per heavy atom. The Kier molecular flexibility index (Phi) is 5.09. The zero-order valence-corrected chi connectivity index (χ0v) is 18.8. The van der Waals surface area contributed by atoms with Crippen molar-refractivity contribution in [1.29, 1.82) is 0 Å². The fraction of sp³-hybridized carbons (Fsp3) is 0.125. The minimum Gasteiger partial charge on any atom is -0.465 e. The summed E-state index contributed by atoms with van der Waals surface area (Å²) in [7, 11) is 4.04. The van der Waals surface area contributed by atoms with Crippen molar-refractivity contribution in [3.63, 3.8) is 0 Å². The lowest BCUT2D eigenvalue weighted by atomic mass is 10.0. The van der Waals surface area contributed by atoms with Crippen LogP contribution >= 0.6 is 0 Å². The highest BCUT2D eigenvalue weighted by Gasteiger charge is 2.41. The summed E-state index contributed by atoms with van der Waals surface area (Å²) in [6.45, 7) is 0. The van der Waals surface area contributed by atoms with Crippen molar-refractivity contribution < 1.29 is 28.7 Å². The van der Waals surface area contributed by atoms with E-state index >= 15 is 0 Å². The van der Waals surface area contributed by atoms with Crippen LogP contribution in [0.1, 0.15) is 41.4 Å². The monoisotopic (exact) mass is 471 g/mol. The van der Waals surface area contributed by atoms with Crippen molar-refractivity contribution in [1.82, 2.24) is 19.7 Å². The van der Waals surface area contributed by atoms with Crippen molar-refractivity contribution in [3.05, 3.63) is 71.2 Å². The molecule has 0 N–H and O–H groups in total. The van der Waals surface area contributed by atoms with Gasteiger partial charge in [0.05, 0.1) is 47.5 Å². The predicted molar refractivity (Wildman–Crippen MR) is 122 cm³/mol. The molecule has 174 valence electrons. The fourth-order valence-corrected chi connectivity index (χ4v) is 4.08. The number of pyridine rings is 2. The number of carbonyl (C=O) groups is 4. The van der Waals surface area contributed by atoms with E-state index in [1.807, 2.05) is 0 Å². The first-order chi connectivity index (χ1) is 16.8. The van der Waals surface area contributed by atoms with Crippen LogP contribution in [-0.2, 0) is 16.5 Å². The number of aromatic nitrogens is 4. The number of nitrogens with zero attached hydrogens (tertiary/aromatic N) is 5. The van der Waals surface area contributed by atoms with Gasteiger partial charge in [0.1, 0.15) is 5.69 Å². The number of benzene rings is 1. The molecule has 0 saturated carbocycles. The van der Waals surface area contributed by atoms with E-state index in [4.69, 9.17) is 9.47 Å². The molecule has 4 aromatic rings. The van der Waals surface area contributed by atoms with E-state index in [-0.39, 0.29) is 27.9 Å². The predicted octanol–water partition coefficient (Wildman–Crippen LogP) is 2.40. The third-order valence-electron chi connectivity index (χ3n) is 5.66. The highest BCUT2D eigenvalue weighted by atomic mass is 16.5. The van der Waals surface area contributed by atoms with Crippen LogP contribution in [0.2, 0.25) is 0 Å². The largest absolute Gasteiger partial charge is 0.465 e. The van der Waals surface area contributed by atoms with Gasteiger partial charge < -0.3 is 9.47 Å². The molecular weight excluding hydrogens is 454 g/mol. The summed E-state index contributed by atoms with van der Waals surface area (Å²) in [5, 5.41) is 4.90. The van der Waals surface area contributed by atoms with Gasteiger partial charge in [-0.1, -0.05) is 0 Å². The van der Waals surface area contributed by atoms with Crippen molar-refractivity contribution in [3.8, 4) is 11.3 Å². The van der Waals surface area contributed by atoms with Crippen LogP contribution in [0, 0.1) is 0 Å². The molecule has 1 aliphatic rings. The minimum atomic E-state index is -0.746. The first-order valence-electron chi connectivity index (χ1n) is 10.3. The normalized spacial score (nSPS) is 12.7. The molecule has 0 unspecified atom stereocenters. The molecule has 0 spiro atoms. The van der Waals surface area contributed by atoms with E-state index in [0.717, 1.165) is 4.90 Å². The molecule has 0 atom stereocenters. The zero-order chi connectivity index (χ0) is 24.9. The lowest BCUT2D eigenvalue weighted by molar-refractivity contribution is 0.0598. The van der Waals surface area contributed by atoms with Gasteiger partial charge in [0, 0.05) is 31.2 Å². The van der Waals surface area contributed by atoms with Gasteiger partial charge in [-0.05, 0) is 30.3 Å². The highest BCUT2D eigenvalue weighted by molar-refractivity contribution is 6.38. The van der Waals surface area contributed by atoms with Crippen molar-refractivity contribution in [2.24, 2.45) is 7.05 Å². The summed E-state index contributed by atoms with van der Waals surface area (Å²) in [4.78, 5) is 60.9. The molecule has 0 saturated heterocycles. The van der Waals surface area contributed by atoms with Gasteiger partial charge in [-0.2, -0.15) is 5.10 Å². The van der Waals surface area contributed by atoms with Gasteiger partial charge in [0.2, 0.25) is 0 Å². The Hall–Kier alpha value is -4.93. The number of carbonyl (C=O) groups excluding carboxylic acids is 4. The Labute approximate surface area is 197 Å². The molecule has 5 rings (SSSR count). The van der Waals surface area contributed by atoms with Gasteiger partial charge >= 0.3 is 11.9 Å². The Morgan fingerprint density at radius 1 is 0.943 bits per heavy atom. The quantitative estimate of drug-likeness (QED) is 0.325. The van der Waals surface area contributed by atoms with E-state index in [2.05, 4.69) is 15.1 Å². The van der Waals surface area contributed by atoms with Crippen LogP contribution in [0.5, 0.6) is 0 Å². The van der Waals surface area contributed by atoms with E-state index in [1.54, 1.807) is 31.6 Å². The number of methoxy groups -OCH3 is 2. The number of esters is 2. The molecule has 0 bridgehead atoms. The minimum absolute atomic E-state index is 0.0134. The number of amides is 2. The third-order valence-corrected chi connectivity index (χ3v) is 5.66. The standard InChI is InChI=1S/C24H17N5O6/c1-28-20-18(19(27-28)12-5-4-6-25-10-12)17-16(11-26-20)21(30)29(22(17)31)15-8-13(23(32)34-2)7-14(9-15)24(33)35-3/h4-11H,1-3H3. The first-order valence-corrected chi connectivity index (χ1v) is 10.3. The average Bonchev–Trinajstić information content (AvgIpc) is 3.36. The SMILES string of the molecule is COC(=O)c1cc(C(=O)OC)cc(N2C(=O)c3cnc4c(c(-c5cccnc5)nn4C)c3C2=O)c1. The van der Waals surface area contributed by atoms with Crippen LogP contribution in [0.4, 0.5) is 5.69 Å². The Morgan fingerprint density at radius 3 is 2.23 bits per heavy atom. The Bertz CT molecular complexity index is 1530. The number of hydrogen-bond acceptors (Lipinski definition) is 9. The number of imide groups is 1. The van der Waals surface area contributed by atoms with Crippen LogP contribution in [0.25, 0.3) is 22.3 Å². The van der Waals surface area contributed by atoms with Crippen LogP contribution in [-0.4, -0.2) is 57.7 Å². The molecular formula is C24H17N5O6. The average molecular weight is 471 g/mol. The second-order valence-electron chi connectivity index (χ2n) is 7.66. The van der Waals surface area contributed by atoms with Crippen LogP contribution in [0.15, 0.2) is 48.9 Å². The summed E-state index contributed by atoms with van der Waals surface area (Å²) in [6.07, 6.45) is 4.53. The maximum absolute atomic E-state index is 13.7. The summed E-state index contributed by atoms with van der Waals surface area (Å²) in [6, 6.07) is 7.39.